The van der Waals surface area contributed by atoms with E-state index >= 15 is 0 Å². The van der Waals surface area contributed by atoms with E-state index in [0.717, 1.165) is 6.54 Å². The average Bonchev–Trinajstić information content (AvgIpc) is 2.75. The van der Waals surface area contributed by atoms with Crippen molar-refractivity contribution in [2.45, 2.75) is 123 Å². The highest BCUT2D eigenvalue weighted by Gasteiger charge is 2.60. The van der Waals surface area contributed by atoms with E-state index in [1.165, 1.54) is 109 Å². The van der Waals surface area contributed by atoms with E-state index in [4.69, 9.17) is 13.3 Å². The fourth-order valence-corrected chi connectivity index (χ4v) is 7.58. The van der Waals surface area contributed by atoms with Gasteiger partial charge in [-0.25, -0.2) is 0 Å². The van der Waals surface area contributed by atoms with Crippen LogP contribution in [0.2, 0.25) is 0 Å². The van der Waals surface area contributed by atoms with Crippen molar-refractivity contribution in [3.63, 3.8) is 0 Å². The molecule has 0 saturated heterocycles. The highest BCUT2D eigenvalue weighted by Crippen LogP contribution is 2.26. The van der Waals surface area contributed by atoms with Crippen LogP contribution in [0.1, 0.15) is 123 Å². The number of rotatable bonds is 23. The zero-order valence-corrected chi connectivity index (χ0v) is 23.5. The Kier molecular flexibility index (Phi) is 19.6. The fraction of sp³-hybridized carbons (Fsp3) is 1.00. The lowest BCUT2D eigenvalue weighted by Gasteiger charge is -2.41. The van der Waals surface area contributed by atoms with Gasteiger partial charge in [-0.2, -0.15) is 0 Å². The summed E-state index contributed by atoms with van der Waals surface area (Å²) in [6.45, 7) is 5.65. The first-order chi connectivity index (χ1) is 14.9. The molecule has 0 aromatic rings. The van der Waals surface area contributed by atoms with E-state index < -0.39 is 8.97 Å². The zero-order chi connectivity index (χ0) is 23.4. The predicted octanol–water partition coefficient (Wildman–Crippen LogP) is 7.73. The van der Waals surface area contributed by atoms with Gasteiger partial charge in [-0.3, -0.25) is 0 Å². The van der Waals surface area contributed by atoms with Gasteiger partial charge < -0.3 is 17.4 Å². The minimum Gasteiger partial charge on any atom is -0.328 e. The summed E-state index contributed by atoms with van der Waals surface area (Å²) in [5, 5.41) is 0. The van der Waals surface area contributed by atoms with Crippen LogP contribution in [-0.4, -0.2) is 55.1 Å². The number of nitrogens with zero attached hydrogens (tertiary/aromatic N) is 1. The summed E-state index contributed by atoms with van der Waals surface area (Å²) in [4.78, 5) is 0. The summed E-state index contributed by atoms with van der Waals surface area (Å²) in [5.74, 6) is 0.713. The molecule has 0 fully saturated rings. The highest BCUT2D eigenvalue weighted by molar-refractivity contribution is 6.52. The Morgan fingerprint density at radius 1 is 0.548 bits per heavy atom. The summed E-state index contributed by atoms with van der Waals surface area (Å²) in [5.41, 5.74) is 0. The van der Waals surface area contributed by atoms with Crippen LogP contribution in [0.5, 0.6) is 0 Å². The van der Waals surface area contributed by atoms with Crippen LogP contribution in [-0.2, 0) is 13.3 Å². The van der Waals surface area contributed by atoms with Crippen LogP contribution in [0.4, 0.5) is 0 Å². The van der Waals surface area contributed by atoms with Gasteiger partial charge in [0.05, 0.1) is 20.6 Å². The summed E-state index contributed by atoms with van der Waals surface area (Å²) < 4.78 is 18.0. The molecule has 0 aliphatic carbocycles. The predicted molar refractivity (Wildman–Crippen MR) is 137 cm³/mol. The molecule has 0 amide bonds. The largest absolute Gasteiger partial charge is 0.783 e. The Morgan fingerprint density at radius 3 is 1.29 bits per heavy atom. The minimum absolute atomic E-state index is 0.694. The topological polar surface area (TPSA) is 27.7 Å². The Hall–Kier alpha value is 0.0569. The van der Waals surface area contributed by atoms with Crippen molar-refractivity contribution in [1.82, 2.24) is 0 Å². The maximum absolute atomic E-state index is 5.77. The maximum atomic E-state index is 5.77. The van der Waals surface area contributed by atoms with E-state index in [1.54, 1.807) is 21.3 Å². The molecule has 0 heterocycles. The van der Waals surface area contributed by atoms with Crippen LogP contribution >= 0.6 is 0 Å². The molecule has 0 spiro atoms. The Morgan fingerprint density at radius 2 is 0.935 bits per heavy atom. The molecule has 0 aromatic heterocycles. The van der Waals surface area contributed by atoms with Crippen molar-refractivity contribution in [2.75, 3.05) is 42.0 Å². The van der Waals surface area contributed by atoms with Crippen LogP contribution in [0, 0.1) is 5.92 Å². The minimum atomic E-state index is -2.69. The Bertz CT molecular complexity index is 381. The van der Waals surface area contributed by atoms with Crippen LogP contribution in [0.25, 0.3) is 0 Å². The van der Waals surface area contributed by atoms with E-state index in [2.05, 4.69) is 27.9 Å². The molecule has 1 atom stereocenters. The van der Waals surface area contributed by atoms with Crippen molar-refractivity contribution < 1.29 is 17.4 Å². The lowest BCUT2D eigenvalue weighted by molar-refractivity contribution is -0.823. The smallest absolute Gasteiger partial charge is 0.328 e. The molecular weight excluding hydrogens is 402 g/mol. The lowest BCUT2D eigenvalue weighted by atomic mass is 9.95. The standard InChI is InChI=1S/C26H58NO3Si/c1-8-10-11-12-13-14-15-16-17-18-19-20-21-22-24-26(23-9-2)25-27(3,4)31(28-5,29-6)30-7/h26H,8-25H2,1-7H3/q+1. The van der Waals surface area contributed by atoms with E-state index in [0.29, 0.717) is 10.1 Å². The molecule has 0 aliphatic heterocycles. The van der Waals surface area contributed by atoms with Gasteiger partial charge in [-0.1, -0.05) is 110 Å². The van der Waals surface area contributed by atoms with Crippen molar-refractivity contribution >= 4 is 8.97 Å². The third kappa shape index (κ3) is 13.4. The quantitative estimate of drug-likeness (QED) is 0.115. The monoisotopic (exact) mass is 460 g/mol. The normalized spacial score (nSPS) is 13.6. The third-order valence-corrected chi connectivity index (χ3v) is 10.1. The first-order valence-corrected chi connectivity index (χ1v) is 15.1. The van der Waals surface area contributed by atoms with E-state index in [1.807, 2.05) is 0 Å². The van der Waals surface area contributed by atoms with Gasteiger partial charge in [0.25, 0.3) is 0 Å². The number of hydrogen-bond acceptors (Lipinski definition) is 3. The molecule has 0 rings (SSSR count). The van der Waals surface area contributed by atoms with Gasteiger partial charge in [0.2, 0.25) is 0 Å². The highest BCUT2D eigenvalue weighted by atomic mass is 28.4. The van der Waals surface area contributed by atoms with E-state index in [9.17, 15) is 0 Å². The van der Waals surface area contributed by atoms with Crippen molar-refractivity contribution in [2.24, 2.45) is 5.92 Å². The molecule has 0 aromatic carbocycles. The number of unbranched alkanes of at least 4 members (excludes halogenated alkanes) is 13. The van der Waals surface area contributed by atoms with Gasteiger partial charge in [0.15, 0.2) is 0 Å². The van der Waals surface area contributed by atoms with Crippen LogP contribution in [0.15, 0.2) is 0 Å². The molecule has 5 heteroatoms. The average molecular weight is 461 g/mol. The second kappa shape index (κ2) is 19.5. The molecule has 0 aliphatic rings. The summed E-state index contributed by atoms with van der Waals surface area (Å²) in [6, 6.07) is 0. The second-order valence-corrected chi connectivity index (χ2v) is 13.5. The van der Waals surface area contributed by atoms with Gasteiger partial charge in [-0.15, -0.1) is 0 Å². The lowest BCUT2D eigenvalue weighted by Crippen LogP contribution is -2.69. The molecule has 0 radical (unpaired) electrons. The van der Waals surface area contributed by atoms with Crippen molar-refractivity contribution in [3.8, 4) is 0 Å². The van der Waals surface area contributed by atoms with Gasteiger partial charge in [0, 0.05) is 27.2 Å². The molecule has 1 unspecified atom stereocenters. The third-order valence-electron chi connectivity index (χ3n) is 6.89. The molecular formula is C26H58NO3Si+. The summed E-state index contributed by atoms with van der Waals surface area (Å²) in [7, 11) is 6.89. The molecule has 0 bridgehead atoms. The first-order valence-electron chi connectivity index (χ1n) is 13.4. The van der Waals surface area contributed by atoms with E-state index in [-0.39, 0.29) is 0 Å². The molecule has 0 saturated carbocycles. The second-order valence-electron chi connectivity index (χ2n) is 10.0. The molecule has 188 valence electrons. The SMILES string of the molecule is CCCCCCCCCCCCCCCCC(CCC)C[N+](C)(C)[Si](OC)(OC)OC. The van der Waals surface area contributed by atoms with Gasteiger partial charge in [-0.05, 0) is 12.8 Å². The van der Waals surface area contributed by atoms with Gasteiger partial charge in [0.1, 0.15) is 0 Å². The molecule has 0 N–H and O–H groups in total. The number of hydrogen-bond donors (Lipinski definition) is 0. The maximum Gasteiger partial charge on any atom is 0.783 e. The van der Waals surface area contributed by atoms with Gasteiger partial charge >= 0.3 is 8.97 Å². The summed E-state index contributed by atoms with van der Waals surface area (Å²) >= 11 is 0. The van der Waals surface area contributed by atoms with Crippen molar-refractivity contribution in [3.05, 3.63) is 0 Å². The molecule has 31 heavy (non-hydrogen) atoms. The Labute approximate surface area is 197 Å². The molecule has 4 nitrogen and oxygen atoms in total. The zero-order valence-electron chi connectivity index (χ0n) is 22.5. The van der Waals surface area contributed by atoms with Crippen LogP contribution < -0.4 is 0 Å². The van der Waals surface area contributed by atoms with Crippen molar-refractivity contribution in [1.29, 1.82) is 0 Å². The first kappa shape index (κ1) is 31.1. The summed E-state index contributed by atoms with van der Waals surface area (Å²) in [6.07, 6.45) is 23.8. The fourth-order valence-electron chi connectivity index (χ4n) is 5.11. The Balaban J connectivity index is 3.93. The van der Waals surface area contributed by atoms with Crippen LogP contribution in [0.3, 0.4) is 0 Å². The number of quaternary nitrogens is 1.